The highest BCUT2D eigenvalue weighted by molar-refractivity contribution is 5.40. The highest BCUT2D eigenvalue weighted by Crippen LogP contribution is 2.09. The lowest BCUT2D eigenvalue weighted by Gasteiger charge is -2.12. The molecule has 0 aromatic carbocycles. The maximum atomic E-state index is 4.42. The van der Waals surface area contributed by atoms with Crippen molar-refractivity contribution >= 4 is 11.8 Å². The molecule has 1 unspecified atom stereocenters. The Morgan fingerprint density at radius 3 is 2.89 bits per heavy atom. The maximum absolute atomic E-state index is 4.42. The number of hydrogen-bond acceptors (Lipinski definition) is 5. The van der Waals surface area contributed by atoms with Crippen LogP contribution in [0.25, 0.3) is 0 Å². The molecule has 0 spiro atoms. The van der Waals surface area contributed by atoms with Gasteiger partial charge < -0.3 is 10.6 Å². The standard InChI is InChI=1S/C14H19N5/c1-3-11(2)18-13-6-8-16-14(19-13)17-10-12-5-4-7-15-9-12/h4-9,11H,3,10H2,1-2H3,(H2,16,17,18,19). The van der Waals surface area contributed by atoms with Gasteiger partial charge in [-0.25, -0.2) is 4.98 Å². The Morgan fingerprint density at radius 2 is 2.16 bits per heavy atom. The summed E-state index contributed by atoms with van der Waals surface area (Å²) in [5, 5.41) is 6.52. The lowest BCUT2D eigenvalue weighted by Crippen LogP contribution is -2.15. The van der Waals surface area contributed by atoms with Crippen molar-refractivity contribution in [2.24, 2.45) is 0 Å². The van der Waals surface area contributed by atoms with E-state index in [2.05, 4.69) is 39.4 Å². The summed E-state index contributed by atoms with van der Waals surface area (Å²) in [6, 6.07) is 6.21. The lowest BCUT2D eigenvalue weighted by atomic mass is 10.2. The van der Waals surface area contributed by atoms with Crippen molar-refractivity contribution < 1.29 is 0 Å². The van der Waals surface area contributed by atoms with Crippen LogP contribution in [0.1, 0.15) is 25.8 Å². The van der Waals surface area contributed by atoms with Gasteiger partial charge in [-0.15, -0.1) is 0 Å². The first-order valence-corrected chi connectivity index (χ1v) is 6.50. The molecule has 0 aliphatic heterocycles. The molecule has 0 radical (unpaired) electrons. The van der Waals surface area contributed by atoms with Gasteiger partial charge >= 0.3 is 0 Å². The number of rotatable bonds is 6. The second-order valence-electron chi connectivity index (χ2n) is 4.43. The minimum Gasteiger partial charge on any atom is -0.367 e. The number of aromatic nitrogens is 3. The van der Waals surface area contributed by atoms with Crippen LogP contribution in [0, 0.1) is 0 Å². The van der Waals surface area contributed by atoms with Gasteiger partial charge in [0.05, 0.1) is 0 Å². The lowest BCUT2D eigenvalue weighted by molar-refractivity contribution is 0.758. The third kappa shape index (κ3) is 4.21. The Balaban J connectivity index is 1.95. The minimum atomic E-state index is 0.404. The van der Waals surface area contributed by atoms with Gasteiger partial charge in [-0.1, -0.05) is 13.0 Å². The molecule has 0 bridgehead atoms. The van der Waals surface area contributed by atoms with Gasteiger partial charge in [-0.3, -0.25) is 4.98 Å². The van der Waals surface area contributed by atoms with Gasteiger partial charge in [0.2, 0.25) is 5.95 Å². The van der Waals surface area contributed by atoms with Crippen LogP contribution < -0.4 is 10.6 Å². The molecule has 0 saturated heterocycles. The van der Waals surface area contributed by atoms with Crippen LogP contribution >= 0.6 is 0 Å². The van der Waals surface area contributed by atoms with E-state index in [9.17, 15) is 0 Å². The number of nitrogens with zero attached hydrogens (tertiary/aromatic N) is 3. The molecule has 0 saturated carbocycles. The summed E-state index contributed by atoms with van der Waals surface area (Å²) < 4.78 is 0. The fourth-order valence-corrected chi connectivity index (χ4v) is 1.56. The summed E-state index contributed by atoms with van der Waals surface area (Å²) in [6.45, 7) is 4.94. The number of hydrogen-bond donors (Lipinski definition) is 2. The number of pyridine rings is 1. The summed E-state index contributed by atoms with van der Waals surface area (Å²) in [6.07, 6.45) is 6.40. The molecule has 0 fully saturated rings. The van der Waals surface area contributed by atoms with E-state index in [1.807, 2.05) is 24.4 Å². The van der Waals surface area contributed by atoms with Crippen LogP contribution in [0.5, 0.6) is 0 Å². The van der Waals surface area contributed by atoms with E-state index >= 15 is 0 Å². The quantitative estimate of drug-likeness (QED) is 0.833. The molecule has 0 aliphatic rings. The molecule has 2 aromatic rings. The first-order valence-electron chi connectivity index (χ1n) is 6.50. The molecule has 2 aromatic heterocycles. The van der Waals surface area contributed by atoms with Crippen molar-refractivity contribution in [1.82, 2.24) is 15.0 Å². The van der Waals surface area contributed by atoms with Crippen LogP contribution in [-0.4, -0.2) is 21.0 Å². The van der Waals surface area contributed by atoms with Crippen LogP contribution in [-0.2, 0) is 6.54 Å². The van der Waals surface area contributed by atoms with Gasteiger partial charge in [0.1, 0.15) is 5.82 Å². The second-order valence-corrected chi connectivity index (χ2v) is 4.43. The molecule has 1 atom stereocenters. The smallest absolute Gasteiger partial charge is 0.224 e. The van der Waals surface area contributed by atoms with Crippen LogP contribution in [0.15, 0.2) is 36.8 Å². The first-order chi connectivity index (χ1) is 9.28. The second kappa shape index (κ2) is 6.68. The van der Waals surface area contributed by atoms with Gasteiger partial charge in [0.25, 0.3) is 0 Å². The Morgan fingerprint density at radius 1 is 1.26 bits per heavy atom. The van der Waals surface area contributed by atoms with E-state index in [0.717, 1.165) is 17.8 Å². The van der Waals surface area contributed by atoms with Crippen LogP contribution in [0.2, 0.25) is 0 Å². The van der Waals surface area contributed by atoms with Crippen molar-refractivity contribution in [3.63, 3.8) is 0 Å². The zero-order valence-electron chi connectivity index (χ0n) is 11.3. The largest absolute Gasteiger partial charge is 0.367 e. The van der Waals surface area contributed by atoms with Crippen molar-refractivity contribution in [3.05, 3.63) is 42.4 Å². The van der Waals surface area contributed by atoms with Gasteiger partial charge in [-0.05, 0) is 31.0 Å². The molecule has 0 aliphatic carbocycles. The van der Waals surface area contributed by atoms with Crippen LogP contribution in [0.4, 0.5) is 11.8 Å². The summed E-state index contributed by atoms with van der Waals surface area (Å²) in [7, 11) is 0. The molecular formula is C14H19N5. The zero-order chi connectivity index (χ0) is 13.5. The Labute approximate surface area is 113 Å². The average Bonchev–Trinajstić information content (AvgIpc) is 2.46. The molecule has 5 heteroatoms. The van der Waals surface area contributed by atoms with Crippen molar-refractivity contribution in [2.75, 3.05) is 10.6 Å². The van der Waals surface area contributed by atoms with E-state index in [1.54, 1.807) is 12.4 Å². The van der Waals surface area contributed by atoms with Crippen molar-refractivity contribution in [3.8, 4) is 0 Å². The predicted molar refractivity (Wildman–Crippen MR) is 77.0 cm³/mol. The SMILES string of the molecule is CCC(C)Nc1ccnc(NCc2cccnc2)n1. The number of nitrogens with one attached hydrogen (secondary N) is 2. The summed E-state index contributed by atoms with van der Waals surface area (Å²) in [4.78, 5) is 12.7. The fourth-order valence-electron chi connectivity index (χ4n) is 1.56. The molecular weight excluding hydrogens is 238 g/mol. The summed E-state index contributed by atoms with van der Waals surface area (Å²) in [5.41, 5.74) is 1.10. The normalized spacial score (nSPS) is 11.9. The van der Waals surface area contributed by atoms with Gasteiger partial charge in [-0.2, -0.15) is 4.98 Å². The molecule has 2 rings (SSSR count). The summed E-state index contributed by atoms with van der Waals surface area (Å²) in [5.74, 6) is 1.47. The Hall–Kier alpha value is -2.17. The fraction of sp³-hybridized carbons (Fsp3) is 0.357. The summed E-state index contributed by atoms with van der Waals surface area (Å²) >= 11 is 0. The molecule has 2 N–H and O–H groups in total. The van der Waals surface area contributed by atoms with Crippen molar-refractivity contribution in [1.29, 1.82) is 0 Å². The zero-order valence-corrected chi connectivity index (χ0v) is 11.3. The maximum Gasteiger partial charge on any atom is 0.224 e. The first kappa shape index (κ1) is 13.3. The third-order valence-corrected chi connectivity index (χ3v) is 2.84. The highest BCUT2D eigenvalue weighted by atomic mass is 15.1. The molecule has 100 valence electrons. The van der Waals surface area contributed by atoms with Gasteiger partial charge in [0, 0.05) is 31.2 Å². The average molecular weight is 257 g/mol. The monoisotopic (exact) mass is 257 g/mol. The van der Waals surface area contributed by atoms with Crippen LogP contribution in [0.3, 0.4) is 0 Å². The van der Waals surface area contributed by atoms with Gasteiger partial charge in [0.15, 0.2) is 0 Å². The van der Waals surface area contributed by atoms with E-state index in [-0.39, 0.29) is 0 Å². The molecule has 0 amide bonds. The van der Waals surface area contributed by atoms with E-state index in [0.29, 0.717) is 18.5 Å². The predicted octanol–water partition coefficient (Wildman–Crippen LogP) is 2.69. The molecule has 2 heterocycles. The Bertz CT molecular complexity index is 500. The highest BCUT2D eigenvalue weighted by Gasteiger charge is 2.02. The van der Waals surface area contributed by atoms with E-state index in [1.165, 1.54) is 0 Å². The number of anilines is 2. The molecule has 5 nitrogen and oxygen atoms in total. The minimum absolute atomic E-state index is 0.404. The topological polar surface area (TPSA) is 62.7 Å². The Kier molecular flexibility index (Phi) is 4.66. The third-order valence-electron chi connectivity index (χ3n) is 2.84. The van der Waals surface area contributed by atoms with E-state index in [4.69, 9.17) is 0 Å². The van der Waals surface area contributed by atoms with Crippen molar-refractivity contribution in [2.45, 2.75) is 32.9 Å². The van der Waals surface area contributed by atoms with E-state index < -0.39 is 0 Å². The molecule has 19 heavy (non-hydrogen) atoms.